The van der Waals surface area contributed by atoms with Crippen molar-refractivity contribution in [2.75, 3.05) is 18.0 Å². The Morgan fingerprint density at radius 2 is 2.00 bits per heavy atom. The van der Waals surface area contributed by atoms with Gasteiger partial charge in [-0.3, -0.25) is 4.79 Å². The van der Waals surface area contributed by atoms with Gasteiger partial charge in [0.25, 0.3) is 0 Å². The first-order valence-corrected chi connectivity index (χ1v) is 8.40. The third-order valence-electron chi connectivity index (χ3n) is 4.42. The van der Waals surface area contributed by atoms with Gasteiger partial charge in [-0.1, -0.05) is 6.07 Å². The van der Waals surface area contributed by atoms with Gasteiger partial charge in [-0.25, -0.2) is 14.5 Å². The van der Waals surface area contributed by atoms with Crippen LogP contribution in [0.2, 0.25) is 0 Å². The standard InChI is InChI=1S/C18H19N5O2/c1-13-15(11-24)20-17-7-8-18(21-23(13)17)25-12-14-5-4-6-16(19-14)22-9-2-3-10-22/h4-8,11H,2-3,9-10,12H2,1H3. The topological polar surface area (TPSA) is 72.6 Å². The molecule has 128 valence electrons. The van der Waals surface area contributed by atoms with E-state index in [1.807, 2.05) is 25.1 Å². The highest BCUT2D eigenvalue weighted by Crippen LogP contribution is 2.19. The van der Waals surface area contributed by atoms with Gasteiger partial charge in [-0.05, 0) is 38.0 Å². The Labute approximate surface area is 145 Å². The first kappa shape index (κ1) is 15.6. The molecule has 1 aliphatic heterocycles. The molecule has 0 amide bonds. The van der Waals surface area contributed by atoms with Crippen LogP contribution in [0.4, 0.5) is 5.82 Å². The molecule has 3 aromatic heterocycles. The molecular formula is C18H19N5O2. The number of carbonyl (C=O) groups excluding carboxylic acids is 1. The van der Waals surface area contributed by atoms with E-state index < -0.39 is 0 Å². The maximum atomic E-state index is 11.0. The van der Waals surface area contributed by atoms with Gasteiger partial charge in [0.1, 0.15) is 18.1 Å². The average Bonchev–Trinajstić information content (AvgIpc) is 3.29. The maximum Gasteiger partial charge on any atom is 0.232 e. The summed E-state index contributed by atoms with van der Waals surface area (Å²) >= 11 is 0. The van der Waals surface area contributed by atoms with Gasteiger partial charge < -0.3 is 9.64 Å². The van der Waals surface area contributed by atoms with E-state index in [2.05, 4.69) is 20.0 Å². The maximum absolute atomic E-state index is 11.0. The number of imidazole rings is 1. The largest absolute Gasteiger partial charge is 0.470 e. The molecule has 7 heteroatoms. The molecule has 0 saturated carbocycles. The molecule has 1 aliphatic rings. The van der Waals surface area contributed by atoms with Crippen LogP contribution in [0.5, 0.6) is 5.88 Å². The summed E-state index contributed by atoms with van der Waals surface area (Å²) in [6.45, 7) is 4.28. The van der Waals surface area contributed by atoms with Gasteiger partial charge in [0.05, 0.1) is 11.4 Å². The van der Waals surface area contributed by atoms with Crippen LogP contribution in [0.25, 0.3) is 5.65 Å². The molecule has 4 rings (SSSR count). The van der Waals surface area contributed by atoms with E-state index in [0.29, 0.717) is 29.5 Å². The van der Waals surface area contributed by atoms with Gasteiger partial charge in [0.15, 0.2) is 11.9 Å². The molecule has 0 unspecified atom stereocenters. The molecule has 0 radical (unpaired) electrons. The lowest BCUT2D eigenvalue weighted by Crippen LogP contribution is -2.19. The lowest BCUT2D eigenvalue weighted by atomic mass is 10.3. The van der Waals surface area contributed by atoms with Crippen LogP contribution in [-0.4, -0.2) is 39.0 Å². The van der Waals surface area contributed by atoms with Gasteiger partial charge >= 0.3 is 0 Å². The van der Waals surface area contributed by atoms with Crippen molar-refractivity contribution in [2.24, 2.45) is 0 Å². The van der Waals surface area contributed by atoms with Crippen molar-refractivity contribution in [1.82, 2.24) is 19.6 Å². The highest BCUT2D eigenvalue weighted by Gasteiger charge is 2.14. The van der Waals surface area contributed by atoms with E-state index in [1.54, 1.807) is 16.6 Å². The normalized spacial score (nSPS) is 14.2. The van der Waals surface area contributed by atoms with Crippen molar-refractivity contribution in [3.8, 4) is 5.88 Å². The van der Waals surface area contributed by atoms with Crippen LogP contribution >= 0.6 is 0 Å². The Kier molecular flexibility index (Phi) is 4.05. The second kappa shape index (κ2) is 6.51. The monoisotopic (exact) mass is 337 g/mol. The Hall–Kier alpha value is -2.96. The number of hydrogen-bond donors (Lipinski definition) is 0. The van der Waals surface area contributed by atoms with Crippen molar-refractivity contribution >= 4 is 17.8 Å². The predicted octanol–water partition coefficient (Wildman–Crippen LogP) is 2.42. The van der Waals surface area contributed by atoms with Crippen LogP contribution < -0.4 is 9.64 Å². The van der Waals surface area contributed by atoms with Crippen LogP contribution in [0, 0.1) is 6.92 Å². The number of ether oxygens (including phenoxy) is 1. The van der Waals surface area contributed by atoms with Crippen LogP contribution in [-0.2, 0) is 6.61 Å². The molecule has 4 heterocycles. The minimum atomic E-state index is 0.342. The zero-order valence-corrected chi connectivity index (χ0v) is 14.1. The van der Waals surface area contributed by atoms with Crippen molar-refractivity contribution in [2.45, 2.75) is 26.4 Å². The van der Waals surface area contributed by atoms with Gasteiger partial charge in [-0.15, -0.1) is 5.10 Å². The molecule has 3 aromatic rings. The number of aryl methyl sites for hydroxylation is 1. The fourth-order valence-electron chi connectivity index (χ4n) is 3.05. The summed E-state index contributed by atoms with van der Waals surface area (Å²) < 4.78 is 7.40. The lowest BCUT2D eigenvalue weighted by molar-refractivity contribution is 0.111. The molecule has 0 spiro atoms. The minimum Gasteiger partial charge on any atom is -0.470 e. The summed E-state index contributed by atoms with van der Waals surface area (Å²) in [6, 6.07) is 9.53. The average molecular weight is 337 g/mol. The van der Waals surface area contributed by atoms with Gasteiger partial charge in [0.2, 0.25) is 5.88 Å². The van der Waals surface area contributed by atoms with Gasteiger partial charge in [-0.2, -0.15) is 0 Å². The highest BCUT2D eigenvalue weighted by atomic mass is 16.5. The second-order valence-electron chi connectivity index (χ2n) is 6.11. The Morgan fingerprint density at radius 3 is 2.80 bits per heavy atom. The van der Waals surface area contributed by atoms with E-state index in [9.17, 15) is 4.79 Å². The molecule has 25 heavy (non-hydrogen) atoms. The molecule has 0 N–H and O–H groups in total. The molecule has 0 bridgehead atoms. The summed E-state index contributed by atoms with van der Waals surface area (Å²) in [5.41, 5.74) is 2.58. The molecule has 0 atom stereocenters. The van der Waals surface area contributed by atoms with Crippen molar-refractivity contribution in [1.29, 1.82) is 0 Å². The fourth-order valence-corrected chi connectivity index (χ4v) is 3.05. The van der Waals surface area contributed by atoms with Crippen molar-refractivity contribution in [3.05, 3.63) is 47.4 Å². The smallest absolute Gasteiger partial charge is 0.232 e. The van der Waals surface area contributed by atoms with E-state index in [4.69, 9.17) is 4.74 Å². The van der Waals surface area contributed by atoms with E-state index in [-0.39, 0.29) is 0 Å². The number of aldehydes is 1. The predicted molar refractivity (Wildman–Crippen MR) is 93.1 cm³/mol. The quantitative estimate of drug-likeness (QED) is 0.666. The van der Waals surface area contributed by atoms with Crippen LogP contribution in [0.3, 0.4) is 0 Å². The third kappa shape index (κ3) is 3.05. The van der Waals surface area contributed by atoms with E-state index in [0.717, 1.165) is 30.9 Å². The zero-order chi connectivity index (χ0) is 17.2. The van der Waals surface area contributed by atoms with Crippen LogP contribution in [0.15, 0.2) is 30.3 Å². The second-order valence-corrected chi connectivity index (χ2v) is 6.11. The third-order valence-corrected chi connectivity index (χ3v) is 4.42. The number of hydrogen-bond acceptors (Lipinski definition) is 6. The highest BCUT2D eigenvalue weighted by molar-refractivity contribution is 5.75. The minimum absolute atomic E-state index is 0.342. The first-order chi connectivity index (χ1) is 12.2. The number of carbonyl (C=O) groups is 1. The first-order valence-electron chi connectivity index (χ1n) is 8.40. The molecule has 1 saturated heterocycles. The van der Waals surface area contributed by atoms with Crippen molar-refractivity contribution in [3.63, 3.8) is 0 Å². The Balaban J connectivity index is 1.51. The summed E-state index contributed by atoms with van der Waals surface area (Å²) in [6.07, 6.45) is 3.18. The summed E-state index contributed by atoms with van der Waals surface area (Å²) in [4.78, 5) is 22.2. The summed E-state index contributed by atoms with van der Waals surface area (Å²) in [7, 11) is 0. The fraction of sp³-hybridized carbons (Fsp3) is 0.333. The molecule has 0 aliphatic carbocycles. The number of anilines is 1. The molecular weight excluding hydrogens is 318 g/mol. The number of aromatic nitrogens is 4. The van der Waals surface area contributed by atoms with E-state index in [1.165, 1.54) is 12.8 Å². The number of pyridine rings is 1. The zero-order valence-electron chi connectivity index (χ0n) is 14.1. The molecule has 7 nitrogen and oxygen atoms in total. The Morgan fingerprint density at radius 1 is 1.16 bits per heavy atom. The van der Waals surface area contributed by atoms with Gasteiger partial charge in [0, 0.05) is 19.2 Å². The number of fused-ring (bicyclic) bond motifs is 1. The lowest BCUT2D eigenvalue weighted by Gasteiger charge is -2.16. The molecule has 0 aromatic carbocycles. The number of nitrogens with zero attached hydrogens (tertiary/aromatic N) is 5. The molecule has 1 fully saturated rings. The number of rotatable bonds is 5. The van der Waals surface area contributed by atoms with Crippen LogP contribution in [0.1, 0.15) is 34.7 Å². The SMILES string of the molecule is Cc1c(C=O)nc2ccc(OCc3cccc(N4CCCC4)n3)nn12. The van der Waals surface area contributed by atoms with Crippen molar-refractivity contribution < 1.29 is 9.53 Å². The van der Waals surface area contributed by atoms with E-state index >= 15 is 0 Å². The summed E-state index contributed by atoms with van der Waals surface area (Å²) in [5.74, 6) is 1.47. The Bertz CT molecular complexity index is 915. The summed E-state index contributed by atoms with van der Waals surface area (Å²) in [5, 5.41) is 4.39.